The number of likely N-dealkylation sites (tertiary alicyclic amines) is 1. The Hall–Kier alpha value is -2.73. The number of hydrogen-bond acceptors (Lipinski definition) is 4. The van der Waals surface area contributed by atoms with Crippen LogP contribution in [0.25, 0.3) is 5.65 Å². The molecule has 6 nitrogen and oxygen atoms in total. The molecule has 0 aliphatic carbocycles. The molecule has 1 aliphatic rings. The highest BCUT2D eigenvalue weighted by atomic mass is 16.2. The van der Waals surface area contributed by atoms with E-state index in [9.17, 15) is 4.79 Å². The van der Waals surface area contributed by atoms with Gasteiger partial charge in [0.15, 0.2) is 5.65 Å². The molecule has 0 unspecified atom stereocenters. The molecule has 0 spiro atoms. The van der Waals surface area contributed by atoms with Crippen LogP contribution in [-0.2, 0) is 0 Å². The molecular formula is C18H19N5O. The molecule has 1 aliphatic heterocycles. The molecule has 1 amide bonds. The van der Waals surface area contributed by atoms with Gasteiger partial charge in [0, 0.05) is 31.4 Å². The fourth-order valence-corrected chi connectivity index (χ4v) is 3.50. The van der Waals surface area contributed by atoms with Crippen LogP contribution in [-0.4, -0.2) is 45.0 Å². The lowest BCUT2D eigenvalue weighted by atomic mass is 9.89. The smallest absolute Gasteiger partial charge is 0.259 e. The maximum Gasteiger partial charge on any atom is 0.259 e. The summed E-state index contributed by atoms with van der Waals surface area (Å²) in [7, 11) is 0. The van der Waals surface area contributed by atoms with Crippen molar-refractivity contribution in [1.29, 1.82) is 0 Å². The standard InChI is InChI=1S/C18H19N5O/c19-9-14-11-22(12-16(14)13-5-2-1-3-6-13)18(24)15-10-21-23-8-4-7-20-17(15)23/h1-8,10,14,16H,9,11-12,19H2/t14-,16+/m1/s1. The van der Waals surface area contributed by atoms with Gasteiger partial charge >= 0.3 is 0 Å². The molecule has 2 N–H and O–H groups in total. The minimum Gasteiger partial charge on any atom is -0.338 e. The highest BCUT2D eigenvalue weighted by Gasteiger charge is 2.36. The Bertz CT molecular complexity index is 860. The summed E-state index contributed by atoms with van der Waals surface area (Å²) in [6.07, 6.45) is 5.06. The van der Waals surface area contributed by atoms with Crippen LogP contribution in [0.4, 0.5) is 0 Å². The monoisotopic (exact) mass is 321 g/mol. The van der Waals surface area contributed by atoms with Crippen LogP contribution in [0.3, 0.4) is 0 Å². The number of carbonyl (C=O) groups is 1. The Morgan fingerprint density at radius 3 is 2.83 bits per heavy atom. The molecule has 122 valence electrons. The van der Waals surface area contributed by atoms with Crippen molar-refractivity contribution in [3.05, 3.63) is 66.1 Å². The molecule has 24 heavy (non-hydrogen) atoms. The molecule has 6 heteroatoms. The molecule has 4 rings (SSSR count). The number of carbonyl (C=O) groups excluding carboxylic acids is 1. The lowest BCUT2D eigenvalue weighted by Crippen LogP contribution is -2.29. The Labute approximate surface area is 139 Å². The molecule has 0 saturated carbocycles. The summed E-state index contributed by atoms with van der Waals surface area (Å²) in [5.41, 5.74) is 8.34. The van der Waals surface area contributed by atoms with Crippen molar-refractivity contribution in [2.75, 3.05) is 19.6 Å². The molecule has 1 fully saturated rings. The first-order valence-corrected chi connectivity index (χ1v) is 8.10. The summed E-state index contributed by atoms with van der Waals surface area (Å²) in [6.45, 7) is 1.91. The van der Waals surface area contributed by atoms with Crippen LogP contribution >= 0.6 is 0 Å². The summed E-state index contributed by atoms with van der Waals surface area (Å²) in [5.74, 6) is 0.515. The zero-order valence-electron chi connectivity index (χ0n) is 13.2. The van der Waals surface area contributed by atoms with Crippen LogP contribution in [0.1, 0.15) is 21.8 Å². The van der Waals surface area contributed by atoms with Crippen LogP contribution in [0.2, 0.25) is 0 Å². The lowest BCUT2D eigenvalue weighted by molar-refractivity contribution is 0.0788. The van der Waals surface area contributed by atoms with Gasteiger partial charge in [0.25, 0.3) is 5.91 Å². The second kappa shape index (κ2) is 6.05. The molecule has 3 heterocycles. The lowest BCUT2D eigenvalue weighted by Gasteiger charge is -2.16. The number of fused-ring (bicyclic) bond motifs is 1. The van der Waals surface area contributed by atoms with E-state index in [1.807, 2.05) is 23.1 Å². The second-order valence-electron chi connectivity index (χ2n) is 6.17. The van der Waals surface area contributed by atoms with Crippen molar-refractivity contribution < 1.29 is 4.79 Å². The predicted octanol–water partition coefficient (Wildman–Crippen LogP) is 1.54. The molecule has 1 aromatic carbocycles. The van der Waals surface area contributed by atoms with Crippen molar-refractivity contribution in [3.8, 4) is 0 Å². The van der Waals surface area contributed by atoms with E-state index in [1.54, 1.807) is 29.2 Å². The molecule has 0 radical (unpaired) electrons. The van der Waals surface area contributed by atoms with Gasteiger partial charge in [-0.25, -0.2) is 9.50 Å². The van der Waals surface area contributed by atoms with Crippen molar-refractivity contribution in [3.63, 3.8) is 0 Å². The zero-order valence-corrected chi connectivity index (χ0v) is 13.2. The first-order chi connectivity index (χ1) is 11.8. The fourth-order valence-electron chi connectivity index (χ4n) is 3.50. The third kappa shape index (κ3) is 2.45. The van der Waals surface area contributed by atoms with E-state index in [2.05, 4.69) is 22.2 Å². The van der Waals surface area contributed by atoms with Crippen molar-refractivity contribution in [1.82, 2.24) is 19.5 Å². The maximum absolute atomic E-state index is 13.0. The largest absolute Gasteiger partial charge is 0.338 e. The van der Waals surface area contributed by atoms with Crippen LogP contribution in [0, 0.1) is 5.92 Å². The third-order valence-electron chi connectivity index (χ3n) is 4.77. The molecular weight excluding hydrogens is 302 g/mol. The van der Waals surface area contributed by atoms with Gasteiger partial charge in [0.05, 0.1) is 6.20 Å². The quantitative estimate of drug-likeness (QED) is 0.794. The van der Waals surface area contributed by atoms with Crippen LogP contribution < -0.4 is 5.73 Å². The summed E-state index contributed by atoms with van der Waals surface area (Å²) in [6, 6.07) is 12.1. The predicted molar refractivity (Wildman–Crippen MR) is 90.6 cm³/mol. The Morgan fingerprint density at radius 1 is 1.21 bits per heavy atom. The van der Waals surface area contributed by atoms with Crippen molar-refractivity contribution in [2.24, 2.45) is 11.7 Å². The molecule has 2 atom stereocenters. The number of nitrogens with two attached hydrogens (primary N) is 1. The molecule has 1 saturated heterocycles. The van der Waals surface area contributed by atoms with Gasteiger partial charge in [-0.1, -0.05) is 30.3 Å². The summed E-state index contributed by atoms with van der Waals surface area (Å²) >= 11 is 0. The third-order valence-corrected chi connectivity index (χ3v) is 4.77. The summed E-state index contributed by atoms with van der Waals surface area (Å²) in [5, 5.41) is 4.21. The number of rotatable bonds is 3. The van der Waals surface area contributed by atoms with Crippen LogP contribution in [0.15, 0.2) is 55.0 Å². The topological polar surface area (TPSA) is 76.5 Å². The van der Waals surface area contributed by atoms with Crippen molar-refractivity contribution in [2.45, 2.75) is 5.92 Å². The van der Waals surface area contributed by atoms with E-state index in [4.69, 9.17) is 5.73 Å². The van der Waals surface area contributed by atoms with Gasteiger partial charge in [0.1, 0.15) is 5.56 Å². The minimum atomic E-state index is -0.0272. The first-order valence-electron chi connectivity index (χ1n) is 8.10. The van der Waals surface area contributed by atoms with Gasteiger partial charge in [-0.2, -0.15) is 5.10 Å². The minimum absolute atomic E-state index is 0.0272. The van der Waals surface area contributed by atoms with Gasteiger partial charge in [0.2, 0.25) is 0 Å². The van der Waals surface area contributed by atoms with Gasteiger partial charge in [-0.05, 0) is 24.1 Å². The van der Waals surface area contributed by atoms with Gasteiger partial charge in [-0.15, -0.1) is 0 Å². The van der Waals surface area contributed by atoms with Gasteiger partial charge < -0.3 is 10.6 Å². The van der Waals surface area contributed by atoms with E-state index in [1.165, 1.54) is 5.56 Å². The number of amides is 1. The second-order valence-corrected chi connectivity index (χ2v) is 6.17. The van der Waals surface area contributed by atoms with Gasteiger partial charge in [-0.3, -0.25) is 4.79 Å². The highest BCUT2D eigenvalue weighted by Crippen LogP contribution is 2.33. The first kappa shape index (κ1) is 14.8. The Morgan fingerprint density at radius 2 is 2.04 bits per heavy atom. The Kier molecular flexibility index (Phi) is 3.74. The average molecular weight is 321 g/mol. The number of hydrogen-bond donors (Lipinski definition) is 1. The SMILES string of the molecule is NC[C@@H]1CN(C(=O)c2cnn3cccnc23)C[C@H]1c1ccccc1. The number of benzene rings is 1. The normalized spacial score (nSPS) is 20.6. The maximum atomic E-state index is 13.0. The van der Waals surface area contributed by atoms with E-state index in [-0.39, 0.29) is 17.7 Å². The average Bonchev–Trinajstić information content (AvgIpc) is 3.26. The van der Waals surface area contributed by atoms with Crippen molar-refractivity contribution >= 4 is 11.6 Å². The number of nitrogens with zero attached hydrogens (tertiary/aromatic N) is 4. The molecule has 0 bridgehead atoms. The Balaban J connectivity index is 1.62. The highest BCUT2D eigenvalue weighted by molar-refractivity contribution is 5.99. The fraction of sp³-hybridized carbons (Fsp3) is 0.278. The summed E-state index contributed by atoms with van der Waals surface area (Å²) in [4.78, 5) is 19.1. The van der Waals surface area contributed by atoms with E-state index >= 15 is 0 Å². The van der Waals surface area contributed by atoms with Crippen LogP contribution in [0.5, 0.6) is 0 Å². The van der Waals surface area contributed by atoms with E-state index in [0.29, 0.717) is 30.8 Å². The van der Waals surface area contributed by atoms with E-state index < -0.39 is 0 Å². The summed E-state index contributed by atoms with van der Waals surface area (Å²) < 4.78 is 1.62. The van der Waals surface area contributed by atoms with E-state index in [0.717, 1.165) is 0 Å². The molecule has 2 aromatic heterocycles. The zero-order chi connectivity index (χ0) is 16.5. The molecule has 3 aromatic rings. The number of aromatic nitrogens is 3.